The van der Waals surface area contributed by atoms with Crippen molar-refractivity contribution in [1.82, 2.24) is 14.9 Å². The van der Waals surface area contributed by atoms with E-state index in [1.165, 1.54) is 42.4 Å². The largest absolute Gasteiger partial charge is 0.363 e. The Morgan fingerprint density at radius 3 is 2.69 bits per heavy atom. The van der Waals surface area contributed by atoms with Crippen LogP contribution < -0.4 is 4.90 Å². The standard InChI is InChI=1S/C22H28N4OS2/c1-2-27-22(26-8-3-4-9-26)16-5-10-25(11-6-16)20-19-18(17-7-12-28-13-17)14-29-21(19)24-15-23-20/h7,12-16,22H,2-6,8-11H2,1H3. The van der Waals surface area contributed by atoms with Gasteiger partial charge in [-0.3, -0.25) is 4.90 Å². The fourth-order valence-corrected chi connectivity index (χ4v) is 6.40. The van der Waals surface area contributed by atoms with Gasteiger partial charge in [0.25, 0.3) is 0 Å². The van der Waals surface area contributed by atoms with Gasteiger partial charge in [0.05, 0.1) is 5.39 Å². The first-order valence-electron chi connectivity index (χ1n) is 10.7. The minimum absolute atomic E-state index is 0.289. The SMILES string of the molecule is CCOC(C1CCN(c2ncnc3scc(-c4ccsc4)c23)CC1)N1CCCC1. The number of ether oxygens (including phenoxy) is 1. The van der Waals surface area contributed by atoms with Gasteiger partial charge in [-0.25, -0.2) is 9.97 Å². The van der Waals surface area contributed by atoms with Gasteiger partial charge in [-0.2, -0.15) is 11.3 Å². The molecule has 2 fully saturated rings. The zero-order valence-corrected chi connectivity index (χ0v) is 18.6. The highest BCUT2D eigenvalue weighted by Crippen LogP contribution is 2.40. The third-order valence-corrected chi connectivity index (χ3v) is 7.83. The predicted octanol–water partition coefficient (Wildman–Crippen LogP) is 5.09. The zero-order chi connectivity index (χ0) is 19.6. The van der Waals surface area contributed by atoms with E-state index in [0.29, 0.717) is 5.92 Å². The van der Waals surface area contributed by atoms with Gasteiger partial charge < -0.3 is 9.64 Å². The van der Waals surface area contributed by atoms with Crippen molar-refractivity contribution in [3.8, 4) is 11.1 Å². The van der Waals surface area contributed by atoms with Crippen LogP contribution in [0.5, 0.6) is 0 Å². The minimum Gasteiger partial charge on any atom is -0.363 e. The van der Waals surface area contributed by atoms with Gasteiger partial charge in [-0.1, -0.05) is 0 Å². The summed E-state index contributed by atoms with van der Waals surface area (Å²) in [6, 6.07) is 2.19. The summed E-state index contributed by atoms with van der Waals surface area (Å²) in [5, 5.41) is 7.80. The molecule has 0 aliphatic carbocycles. The summed E-state index contributed by atoms with van der Waals surface area (Å²) >= 11 is 3.46. The van der Waals surface area contributed by atoms with Crippen LogP contribution in [-0.4, -0.2) is 53.9 Å². The number of hydrogen-bond acceptors (Lipinski definition) is 7. The molecule has 3 aromatic rings. The molecule has 2 aliphatic rings. The first-order chi connectivity index (χ1) is 14.3. The van der Waals surface area contributed by atoms with Crippen molar-refractivity contribution in [3.05, 3.63) is 28.5 Å². The summed E-state index contributed by atoms with van der Waals surface area (Å²) < 4.78 is 6.22. The molecule has 0 N–H and O–H groups in total. The highest BCUT2D eigenvalue weighted by Gasteiger charge is 2.33. The van der Waals surface area contributed by atoms with Crippen LogP contribution >= 0.6 is 22.7 Å². The van der Waals surface area contributed by atoms with Crippen LogP contribution in [0.3, 0.4) is 0 Å². The summed E-state index contributed by atoms with van der Waals surface area (Å²) in [5.74, 6) is 1.71. The molecule has 0 radical (unpaired) electrons. The van der Waals surface area contributed by atoms with Crippen LogP contribution in [0.15, 0.2) is 28.5 Å². The highest BCUT2D eigenvalue weighted by molar-refractivity contribution is 7.17. The molecule has 5 nitrogen and oxygen atoms in total. The van der Waals surface area contributed by atoms with E-state index in [1.807, 2.05) is 0 Å². The maximum atomic E-state index is 6.22. The van der Waals surface area contributed by atoms with Crippen molar-refractivity contribution in [2.45, 2.75) is 38.8 Å². The summed E-state index contributed by atoms with van der Waals surface area (Å²) in [4.78, 5) is 15.4. The second kappa shape index (κ2) is 8.68. The normalized spacial score (nSPS) is 20.0. The first-order valence-corrected chi connectivity index (χ1v) is 12.5. The van der Waals surface area contributed by atoms with E-state index in [4.69, 9.17) is 9.72 Å². The van der Waals surface area contributed by atoms with Crippen molar-refractivity contribution in [2.75, 3.05) is 37.7 Å². The number of thiophene rings is 2. The van der Waals surface area contributed by atoms with Gasteiger partial charge in [0.15, 0.2) is 0 Å². The molecule has 7 heteroatoms. The quantitative estimate of drug-likeness (QED) is 0.547. The molecule has 0 saturated carbocycles. The van der Waals surface area contributed by atoms with E-state index in [0.717, 1.165) is 43.2 Å². The molecule has 3 aromatic heterocycles. The van der Waals surface area contributed by atoms with Crippen molar-refractivity contribution >= 4 is 38.7 Å². The summed E-state index contributed by atoms with van der Waals surface area (Å²) in [6.45, 7) is 7.37. The molecule has 1 unspecified atom stereocenters. The van der Waals surface area contributed by atoms with E-state index in [1.54, 1.807) is 29.0 Å². The van der Waals surface area contributed by atoms with E-state index < -0.39 is 0 Å². The number of anilines is 1. The van der Waals surface area contributed by atoms with E-state index >= 15 is 0 Å². The number of fused-ring (bicyclic) bond motifs is 1. The minimum atomic E-state index is 0.289. The van der Waals surface area contributed by atoms with Crippen molar-refractivity contribution in [1.29, 1.82) is 0 Å². The molecule has 154 valence electrons. The lowest BCUT2D eigenvalue weighted by Gasteiger charge is -2.40. The molecule has 1 atom stereocenters. The Hall–Kier alpha value is -1.54. The lowest BCUT2D eigenvalue weighted by molar-refractivity contribution is -0.0858. The second-order valence-electron chi connectivity index (χ2n) is 7.95. The molecule has 5 heterocycles. The van der Waals surface area contributed by atoms with Crippen molar-refractivity contribution in [3.63, 3.8) is 0 Å². The maximum absolute atomic E-state index is 6.22. The molecule has 29 heavy (non-hydrogen) atoms. The lowest BCUT2D eigenvalue weighted by atomic mass is 9.94. The van der Waals surface area contributed by atoms with Gasteiger partial charge in [-0.05, 0) is 55.0 Å². The fourth-order valence-electron chi connectivity index (χ4n) is 4.83. The number of nitrogens with zero attached hydrogens (tertiary/aromatic N) is 4. The molecule has 2 saturated heterocycles. The third kappa shape index (κ3) is 3.81. The molecular weight excluding hydrogens is 400 g/mol. The Morgan fingerprint density at radius 2 is 1.97 bits per heavy atom. The number of aromatic nitrogens is 2. The molecule has 5 rings (SSSR count). The van der Waals surface area contributed by atoms with Crippen LogP contribution in [-0.2, 0) is 4.74 Å². The predicted molar refractivity (Wildman–Crippen MR) is 122 cm³/mol. The number of likely N-dealkylation sites (tertiary alicyclic amines) is 1. The lowest BCUT2D eigenvalue weighted by Crippen LogP contribution is -2.46. The summed E-state index contributed by atoms with van der Waals surface area (Å²) in [6.07, 6.45) is 6.95. The van der Waals surface area contributed by atoms with E-state index in [-0.39, 0.29) is 6.23 Å². The number of hydrogen-bond donors (Lipinski definition) is 0. The van der Waals surface area contributed by atoms with Gasteiger partial charge >= 0.3 is 0 Å². The summed E-state index contributed by atoms with van der Waals surface area (Å²) in [5.41, 5.74) is 2.55. The second-order valence-corrected chi connectivity index (χ2v) is 9.59. The number of piperidine rings is 1. The van der Waals surface area contributed by atoms with E-state index in [2.05, 4.69) is 43.9 Å². The Bertz CT molecular complexity index is 928. The van der Waals surface area contributed by atoms with Gasteiger partial charge in [0, 0.05) is 49.6 Å². The third-order valence-electron chi connectivity index (χ3n) is 6.26. The topological polar surface area (TPSA) is 41.5 Å². The smallest absolute Gasteiger partial charge is 0.141 e. The fraction of sp³-hybridized carbons (Fsp3) is 0.545. The Morgan fingerprint density at radius 1 is 1.14 bits per heavy atom. The Kier molecular flexibility index (Phi) is 5.81. The Labute approximate surface area is 180 Å². The average molecular weight is 429 g/mol. The Balaban J connectivity index is 1.37. The van der Waals surface area contributed by atoms with Crippen LogP contribution in [0.4, 0.5) is 5.82 Å². The van der Waals surface area contributed by atoms with Crippen LogP contribution in [0.2, 0.25) is 0 Å². The maximum Gasteiger partial charge on any atom is 0.141 e. The summed E-state index contributed by atoms with van der Waals surface area (Å²) in [7, 11) is 0. The van der Waals surface area contributed by atoms with Crippen molar-refractivity contribution in [2.24, 2.45) is 5.92 Å². The number of rotatable bonds is 6. The van der Waals surface area contributed by atoms with Crippen LogP contribution in [0, 0.1) is 5.92 Å². The molecule has 0 aromatic carbocycles. The average Bonchev–Trinajstić information content (AvgIpc) is 3.53. The van der Waals surface area contributed by atoms with E-state index in [9.17, 15) is 0 Å². The van der Waals surface area contributed by atoms with Gasteiger partial charge in [0.2, 0.25) is 0 Å². The molecule has 0 spiro atoms. The van der Waals surface area contributed by atoms with Gasteiger partial charge in [-0.15, -0.1) is 11.3 Å². The zero-order valence-electron chi connectivity index (χ0n) is 16.9. The van der Waals surface area contributed by atoms with Crippen molar-refractivity contribution < 1.29 is 4.74 Å². The van der Waals surface area contributed by atoms with Crippen LogP contribution in [0.1, 0.15) is 32.6 Å². The monoisotopic (exact) mass is 428 g/mol. The van der Waals surface area contributed by atoms with Gasteiger partial charge in [0.1, 0.15) is 23.2 Å². The molecular formula is C22H28N4OS2. The first kappa shape index (κ1) is 19.4. The van der Waals surface area contributed by atoms with Crippen LogP contribution in [0.25, 0.3) is 21.3 Å². The molecule has 0 amide bonds. The molecule has 0 bridgehead atoms. The molecule has 2 aliphatic heterocycles. The highest BCUT2D eigenvalue weighted by atomic mass is 32.1.